The number of benzene rings is 1. The number of esters is 1. The fraction of sp³-hybridized carbons (Fsp3) is 0.524. The average Bonchev–Trinajstić information content (AvgIpc) is 3.10. The monoisotopic (exact) mass is 401 g/mol. The smallest absolute Gasteiger partial charge is 0.303 e. The molecule has 0 radical (unpaired) electrons. The highest BCUT2D eigenvalue weighted by molar-refractivity contribution is 6.39. The molecular formula is C21H27N3O5. The highest BCUT2D eigenvalue weighted by Gasteiger charge is 2.46. The predicted molar refractivity (Wildman–Crippen MR) is 106 cm³/mol. The maximum atomic E-state index is 12.7. The van der Waals surface area contributed by atoms with E-state index in [4.69, 9.17) is 9.57 Å². The Morgan fingerprint density at radius 1 is 1.21 bits per heavy atom. The van der Waals surface area contributed by atoms with Gasteiger partial charge in [-0.15, -0.1) is 0 Å². The minimum Gasteiger partial charge on any atom is -0.450 e. The Hall–Kier alpha value is -2.90. The molecule has 0 aliphatic carbocycles. The summed E-state index contributed by atoms with van der Waals surface area (Å²) in [6.07, 6.45) is 1.55. The van der Waals surface area contributed by atoms with Crippen molar-refractivity contribution in [1.29, 1.82) is 0 Å². The Kier molecular flexibility index (Phi) is 5.91. The van der Waals surface area contributed by atoms with E-state index in [1.807, 2.05) is 30.3 Å². The first-order chi connectivity index (χ1) is 13.7. The molecule has 2 heterocycles. The van der Waals surface area contributed by atoms with Crippen molar-refractivity contribution in [2.24, 2.45) is 5.16 Å². The normalized spacial score (nSPS) is 18.0. The minimum absolute atomic E-state index is 0.234. The van der Waals surface area contributed by atoms with Crippen LogP contribution in [0.5, 0.6) is 0 Å². The molecule has 1 spiro atoms. The van der Waals surface area contributed by atoms with Crippen LogP contribution < -0.4 is 5.32 Å². The van der Waals surface area contributed by atoms with E-state index in [2.05, 4.69) is 10.5 Å². The lowest BCUT2D eigenvalue weighted by Crippen LogP contribution is -2.53. The van der Waals surface area contributed by atoms with Gasteiger partial charge in [-0.3, -0.25) is 14.4 Å². The zero-order valence-corrected chi connectivity index (χ0v) is 17.1. The molecule has 1 aromatic carbocycles. The molecule has 1 saturated heterocycles. The molecule has 1 fully saturated rings. The van der Waals surface area contributed by atoms with Crippen molar-refractivity contribution in [3.8, 4) is 0 Å². The van der Waals surface area contributed by atoms with Crippen LogP contribution in [0.25, 0.3) is 0 Å². The van der Waals surface area contributed by atoms with Crippen molar-refractivity contribution in [1.82, 2.24) is 10.2 Å². The lowest BCUT2D eigenvalue weighted by Gasteiger charge is -2.39. The van der Waals surface area contributed by atoms with Crippen molar-refractivity contribution >= 4 is 23.5 Å². The third kappa shape index (κ3) is 4.93. The van der Waals surface area contributed by atoms with Gasteiger partial charge in [0.15, 0.2) is 5.60 Å². The summed E-state index contributed by atoms with van der Waals surface area (Å²) in [7, 11) is 0. The third-order valence-corrected chi connectivity index (χ3v) is 5.27. The van der Waals surface area contributed by atoms with Gasteiger partial charge >= 0.3 is 5.97 Å². The first-order valence-electron chi connectivity index (χ1n) is 9.77. The number of carbonyl (C=O) groups is 3. The molecule has 0 atom stereocenters. The second-order valence-electron chi connectivity index (χ2n) is 8.05. The number of amides is 2. The Morgan fingerprint density at radius 3 is 2.48 bits per heavy atom. The van der Waals surface area contributed by atoms with Crippen LogP contribution in [-0.4, -0.2) is 52.7 Å². The van der Waals surface area contributed by atoms with E-state index in [9.17, 15) is 14.4 Å². The fourth-order valence-corrected chi connectivity index (χ4v) is 3.69. The first kappa shape index (κ1) is 20.8. The van der Waals surface area contributed by atoms with Crippen LogP contribution in [0, 0.1) is 0 Å². The zero-order chi connectivity index (χ0) is 21.1. The molecule has 0 unspecified atom stereocenters. The van der Waals surface area contributed by atoms with Gasteiger partial charge in [-0.25, -0.2) is 0 Å². The SMILES string of the molecule is CC(=O)OC(C)(C)C(=O)N1CCC2(CC1)CC(C(=O)NCc1ccccc1)=NO2. The molecule has 1 aromatic rings. The number of nitrogens with zero attached hydrogens (tertiary/aromatic N) is 2. The van der Waals surface area contributed by atoms with Crippen LogP contribution in [0.1, 0.15) is 45.6 Å². The Morgan fingerprint density at radius 2 is 1.86 bits per heavy atom. The highest BCUT2D eigenvalue weighted by atomic mass is 16.7. The second-order valence-corrected chi connectivity index (χ2v) is 8.05. The average molecular weight is 401 g/mol. The van der Waals surface area contributed by atoms with Gasteiger partial charge in [-0.1, -0.05) is 35.5 Å². The second kappa shape index (κ2) is 8.23. The zero-order valence-electron chi connectivity index (χ0n) is 17.1. The van der Waals surface area contributed by atoms with Gasteiger partial charge in [0.25, 0.3) is 11.8 Å². The molecule has 2 amide bonds. The van der Waals surface area contributed by atoms with Crippen molar-refractivity contribution in [3.63, 3.8) is 0 Å². The summed E-state index contributed by atoms with van der Waals surface area (Å²) in [6.45, 7) is 5.81. The van der Waals surface area contributed by atoms with Gasteiger partial charge in [0.1, 0.15) is 11.3 Å². The molecule has 29 heavy (non-hydrogen) atoms. The number of likely N-dealkylation sites (tertiary alicyclic amines) is 1. The van der Waals surface area contributed by atoms with E-state index in [1.54, 1.807) is 18.7 Å². The molecule has 0 aromatic heterocycles. The molecule has 8 heteroatoms. The number of hydrogen-bond donors (Lipinski definition) is 1. The van der Waals surface area contributed by atoms with Crippen LogP contribution in [0.2, 0.25) is 0 Å². The van der Waals surface area contributed by atoms with Crippen LogP contribution in [0.15, 0.2) is 35.5 Å². The molecule has 156 valence electrons. The molecule has 0 bridgehead atoms. The van der Waals surface area contributed by atoms with Crippen LogP contribution in [-0.2, 0) is 30.5 Å². The maximum absolute atomic E-state index is 12.7. The topological polar surface area (TPSA) is 97.3 Å². The quantitative estimate of drug-likeness (QED) is 0.759. The van der Waals surface area contributed by atoms with Crippen molar-refractivity contribution in [2.45, 2.75) is 57.8 Å². The van der Waals surface area contributed by atoms with E-state index in [1.165, 1.54) is 6.92 Å². The van der Waals surface area contributed by atoms with Gasteiger partial charge < -0.3 is 19.8 Å². The number of hydrogen-bond acceptors (Lipinski definition) is 6. The molecule has 3 rings (SSSR count). The third-order valence-electron chi connectivity index (χ3n) is 5.27. The summed E-state index contributed by atoms with van der Waals surface area (Å²) in [5.41, 5.74) is -0.369. The van der Waals surface area contributed by atoms with Crippen molar-refractivity contribution in [2.75, 3.05) is 13.1 Å². The summed E-state index contributed by atoms with van der Waals surface area (Å²) in [6, 6.07) is 9.65. The van der Waals surface area contributed by atoms with Crippen LogP contribution in [0.4, 0.5) is 0 Å². The minimum atomic E-state index is -1.20. The predicted octanol–water partition coefficient (Wildman–Crippen LogP) is 1.78. The van der Waals surface area contributed by atoms with Crippen molar-refractivity contribution < 1.29 is 24.0 Å². The molecule has 2 aliphatic heterocycles. The molecule has 1 N–H and O–H groups in total. The number of rotatable bonds is 5. The lowest BCUT2D eigenvalue weighted by molar-refractivity contribution is -0.171. The van der Waals surface area contributed by atoms with Crippen LogP contribution >= 0.6 is 0 Å². The van der Waals surface area contributed by atoms with Gasteiger partial charge in [0, 0.05) is 45.8 Å². The summed E-state index contributed by atoms with van der Waals surface area (Å²) in [5, 5.41) is 6.88. The van der Waals surface area contributed by atoms with E-state index >= 15 is 0 Å². The number of nitrogens with one attached hydrogen (secondary N) is 1. The Bertz CT molecular complexity index is 811. The van der Waals surface area contributed by atoms with E-state index in [-0.39, 0.29) is 11.8 Å². The highest BCUT2D eigenvalue weighted by Crippen LogP contribution is 2.35. The molecule has 8 nitrogen and oxygen atoms in total. The standard InChI is InChI=1S/C21H27N3O5/c1-15(25)28-20(2,3)19(27)24-11-9-21(10-12-24)13-17(23-29-21)18(26)22-14-16-7-5-4-6-8-16/h4-8H,9-14H2,1-3H3,(H,22,26). The first-order valence-corrected chi connectivity index (χ1v) is 9.77. The van der Waals surface area contributed by atoms with Gasteiger partial charge in [0.2, 0.25) is 0 Å². The van der Waals surface area contributed by atoms with Crippen molar-refractivity contribution in [3.05, 3.63) is 35.9 Å². The number of piperidine rings is 1. The summed E-state index contributed by atoms with van der Waals surface area (Å²) in [4.78, 5) is 43.6. The molecular weight excluding hydrogens is 374 g/mol. The number of oxime groups is 1. The lowest BCUT2D eigenvalue weighted by atomic mass is 9.86. The Balaban J connectivity index is 1.50. The van der Waals surface area contributed by atoms with Gasteiger partial charge in [-0.05, 0) is 19.4 Å². The summed E-state index contributed by atoms with van der Waals surface area (Å²) < 4.78 is 5.14. The number of ether oxygens (including phenoxy) is 1. The molecule has 0 saturated carbocycles. The maximum Gasteiger partial charge on any atom is 0.303 e. The fourth-order valence-electron chi connectivity index (χ4n) is 3.69. The summed E-state index contributed by atoms with van der Waals surface area (Å²) in [5.74, 6) is -0.960. The van der Waals surface area contributed by atoms with Gasteiger partial charge in [0.05, 0.1) is 0 Å². The van der Waals surface area contributed by atoms with E-state index in [0.29, 0.717) is 44.6 Å². The Labute approximate surface area is 170 Å². The van der Waals surface area contributed by atoms with E-state index < -0.39 is 17.2 Å². The molecule has 2 aliphatic rings. The van der Waals surface area contributed by atoms with E-state index in [0.717, 1.165) is 5.56 Å². The van der Waals surface area contributed by atoms with Gasteiger partial charge in [-0.2, -0.15) is 0 Å². The largest absolute Gasteiger partial charge is 0.450 e. The van der Waals surface area contributed by atoms with Crippen LogP contribution in [0.3, 0.4) is 0 Å². The summed E-state index contributed by atoms with van der Waals surface area (Å²) >= 11 is 0. The number of carbonyl (C=O) groups excluding carboxylic acids is 3.